The van der Waals surface area contributed by atoms with Crippen LogP contribution in [-0.2, 0) is 0 Å². The van der Waals surface area contributed by atoms with E-state index in [9.17, 15) is 9.59 Å². The van der Waals surface area contributed by atoms with Crippen molar-refractivity contribution in [2.24, 2.45) is 0 Å². The van der Waals surface area contributed by atoms with Crippen molar-refractivity contribution in [2.75, 3.05) is 14.1 Å². The first-order valence-electron chi connectivity index (χ1n) is 8.41. The topological polar surface area (TPSA) is 62.4 Å². The van der Waals surface area contributed by atoms with Crippen LogP contribution in [0.5, 0.6) is 5.75 Å². The molecule has 0 saturated heterocycles. The Bertz CT molecular complexity index is 1020. The molecular weight excluding hydrogens is 328 g/mol. The summed E-state index contributed by atoms with van der Waals surface area (Å²) in [7, 11) is 3.37. The zero-order valence-electron chi connectivity index (χ0n) is 15.6. The second kappa shape index (κ2) is 6.67. The van der Waals surface area contributed by atoms with Crippen molar-refractivity contribution in [2.45, 2.75) is 20.8 Å². The summed E-state index contributed by atoms with van der Waals surface area (Å²) in [6, 6.07) is 10.6. The van der Waals surface area contributed by atoms with Crippen LogP contribution in [0.25, 0.3) is 10.9 Å². The lowest BCUT2D eigenvalue weighted by Crippen LogP contribution is -2.21. The molecule has 0 aliphatic heterocycles. The van der Waals surface area contributed by atoms with E-state index in [1.165, 1.54) is 4.90 Å². The van der Waals surface area contributed by atoms with Gasteiger partial charge < -0.3 is 14.6 Å². The Morgan fingerprint density at radius 3 is 2.35 bits per heavy atom. The third-order valence-corrected chi connectivity index (χ3v) is 4.59. The minimum Gasteiger partial charge on any atom is -0.423 e. The number of rotatable bonds is 3. The van der Waals surface area contributed by atoms with E-state index in [-0.39, 0.29) is 5.91 Å². The molecular formula is C21H22N2O3. The second-order valence-electron chi connectivity index (χ2n) is 6.70. The molecule has 1 aromatic heterocycles. The van der Waals surface area contributed by atoms with Crippen LogP contribution in [0.1, 0.15) is 37.5 Å². The van der Waals surface area contributed by atoms with Gasteiger partial charge in [-0.15, -0.1) is 0 Å². The van der Waals surface area contributed by atoms with E-state index >= 15 is 0 Å². The predicted molar refractivity (Wildman–Crippen MR) is 102 cm³/mol. The van der Waals surface area contributed by atoms with Crippen LogP contribution in [0.4, 0.5) is 0 Å². The van der Waals surface area contributed by atoms with Crippen molar-refractivity contribution >= 4 is 22.8 Å². The molecule has 0 aliphatic rings. The number of carbonyl (C=O) groups excluding carboxylic acids is 2. The Morgan fingerprint density at radius 2 is 1.65 bits per heavy atom. The van der Waals surface area contributed by atoms with E-state index in [4.69, 9.17) is 4.74 Å². The molecule has 5 nitrogen and oxygen atoms in total. The van der Waals surface area contributed by atoms with Crippen molar-refractivity contribution < 1.29 is 14.3 Å². The molecule has 1 amide bonds. The Hall–Kier alpha value is -3.08. The smallest absolute Gasteiger partial charge is 0.343 e. The molecule has 0 radical (unpaired) electrons. The molecule has 0 unspecified atom stereocenters. The molecule has 0 fully saturated rings. The number of aromatic amines is 1. The molecule has 0 spiro atoms. The fourth-order valence-electron chi connectivity index (χ4n) is 2.85. The normalized spacial score (nSPS) is 10.8. The lowest BCUT2D eigenvalue weighted by atomic mass is 10.1. The highest BCUT2D eigenvalue weighted by atomic mass is 16.5. The van der Waals surface area contributed by atoms with Gasteiger partial charge in [0.2, 0.25) is 0 Å². The van der Waals surface area contributed by atoms with Crippen molar-refractivity contribution in [3.63, 3.8) is 0 Å². The van der Waals surface area contributed by atoms with Gasteiger partial charge in [0.05, 0.1) is 5.56 Å². The molecule has 26 heavy (non-hydrogen) atoms. The van der Waals surface area contributed by atoms with Gasteiger partial charge in [-0.05, 0) is 62.2 Å². The first-order valence-corrected chi connectivity index (χ1v) is 8.41. The number of amides is 1. The summed E-state index contributed by atoms with van der Waals surface area (Å²) in [5.41, 5.74) is 4.94. The summed E-state index contributed by atoms with van der Waals surface area (Å²) in [5, 5.41) is 1.00. The zero-order chi connectivity index (χ0) is 19.0. The van der Waals surface area contributed by atoms with E-state index in [2.05, 4.69) is 4.98 Å². The van der Waals surface area contributed by atoms with Crippen LogP contribution in [0.15, 0.2) is 36.4 Å². The van der Waals surface area contributed by atoms with E-state index in [0.29, 0.717) is 16.9 Å². The molecule has 0 saturated carbocycles. The summed E-state index contributed by atoms with van der Waals surface area (Å²) in [4.78, 5) is 29.5. The van der Waals surface area contributed by atoms with Crippen LogP contribution in [0.2, 0.25) is 0 Å². The number of nitrogens with zero attached hydrogens (tertiary/aromatic N) is 1. The Kier molecular flexibility index (Phi) is 4.55. The molecule has 1 N–H and O–H groups in total. The largest absolute Gasteiger partial charge is 0.423 e. The summed E-state index contributed by atoms with van der Waals surface area (Å²) < 4.78 is 5.58. The number of esters is 1. The molecule has 5 heteroatoms. The number of carbonyl (C=O) groups is 2. The summed E-state index contributed by atoms with van der Waals surface area (Å²) in [6.07, 6.45) is 0. The van der Waals surface area contributed by atoms with E-state index < -0.39 is 5.97 Å². The molecule has 3 aromatic rings. The molecule has 134 valence electrons. The van der Waals surface area contributed by atoms with Crippen molar-refractivity contribution in [3.05, 3.63) is 64.3 Å². The minimum atomic E-state index is -0.442. The summed E-state index contributed by atoms with van der Waals surface area (Å²) in [6.45, 7) is 5.86. The maximum absolute atomic E-state index is 12.6. The van der Waals surface area contributed by atoms with Gasteiger partial charge in [0.25, 0.3) is 5.91 Å². The highest BCUT2D eigenvalue weighted by Crippen LogP contribution is 2.25. The average Bonchev–Trinajstić information content (AvgIpc) is 2.90. The molecule has 0 atom stereocenters. The number of hydrogen-bond donors (Lipinski definition) is 1. The first kappa shape index (κ1) is 17.7. The van der Waals surface area contributed by atoms with Crippen LogP contribution in [-0.4, -0.2) is 35.9 Å². The number of nitrogens with one attached hydrogen (secondary N) is 1. The van der Waals surface area contributed by atoms with E-state index in [0.717, 1.165) is 27.7 Å². The monoisotopic (exact) mass is 350 g/mol. The number of ether oxygens (including phenoxy) is 1. The number of aromatic nitrogens is 1. The van der Waals surface area contributed by atoms with Gasteiger partial charge in [-0.3, -0.25) is 4.79 Å². The van der Waals surface area contributed by atoms with Gasteiger partial charge in [-0.25, -0.2) is 4.79 Å². The predicted octanol–water partition coefficient (Wildman–Crippen LogP) is 4.01. The SMILES string of the molecule is Cc1ccc(C(=O)N(C)C)cc1OC(=O)c1ccc2[nH]c(C)c(C)c2c1. The summed E-state index contributed by atoms with van der Waals surface area (Å²) in [5.74, 6) is -0.186. The third-order valence-electron chi connectivity index (χ3n) is 4.59. The molecule has 3 rings (SSSR count). The summed E-state index contributed by atoms with van der Waals surface area (Å²) >= 11 is 0. The third kappa shape index (κ3) is 3.20. The van der Waals surface area contributed by atoms with Gasteiger partial charge >= 0.3 is 5.97 Å². The lowest BCUT2D eigenvalue weighted by molar-refractivity contribution is 0.0730. The van der Waals surface area contributed by atoms with Gasteiger partial charge in [-0.2, -0.15) is 0 Å². The highest BCUT2D eigenvalue weighted by molar-refractivity contribution is 5.98. The van der Waals surface area contributed by atoms with Gasteiger partial charge in [0.1, 0.15) is 5.75 Å². The number of aryl methyl sites for hydroxylation is 3. The fourth-order valence-corrected chi connectivity index (χ4v) is 2.85. The van der Waals surface area contributed by atoms with E-state index in [1.54, 1.807) is 38.4 Å². The quantitative estimate of drug-likeness (QED) is 0.573. The maximum Gasteiger partial charge on any atom is 0.343 e. The van der Waals surface area contributed by atoms with Gasteiger partial charge in [0, 0.05) is 36.3 Å². The Labute approximate surface area is 152 Å². The minimum absolute atomic E-state index is 0.137. The standard InChI is InChI=1S/C21H22N2O3/c1-12-6-7-15(20(24)23(4)5)11-19(12)26-21(25)16-8-9-18-17(10-16)13(2)14(3)22-18/h6-11,22H,1-5H3. The van der Waals surface area contributed by atoms with Crippen LogP contribution < -0.4 is 4.74 Å². The molecule has 0 aliphatic carbocycles. The van der Waals surface area contributed by atoms with Gasteiger partial charge in [0.15, 0.2) is 0 Å². The molecule has 0 bridgehead atoms. The maximum atomic E-state index is 12.6. The highest BCUT2D eigenvalue weighted by Gasteiger charge is 2.15. The van der Waals surface area contributed by atoms with Crippen molar-refractivity contribution in [1.82, 2.24) is 9.88 Å². The van der Waals surface area contributed by atoms with Crippen molar-refractivity contribution in [1.29, 1.82) is 0 Å². The van der Waals surface area contributed by atoms with Gasteiger partial charge in [-0.1, -0.05) is 6.07 Å². The first-order chi connectivity index (χ1) is 12.3. The lowest BCUT2D eigenvalue weighted by Gasteiger charge is -2.13. The Morgan fingerprint density at radius 1 is 0.962 bits per heavy atom. The fraction of sp³-hybridized carbons (Fsp3) is 0.238. The van der Waals surface area contributed by atoms with Crippen LogP contribution in [0, 0.1) is 20.8 Å². The second-order valence-corrected chi connectivity index (χ2v) is 6.70. The molecule has 2 aromatic carbocycles. The van der Waals surface area contributed by atoms with Crippen LogP contribution in [0.3, 0.4) is 0 Å². The number of hydrogen-bond acceptors (Lipinski definition) is 3. The zero-order valence-corrected chi connectivity index (χ0v) is 15.6. The van der Waals surface area contributed by atoms with E-state index in [1.807, 2.05) is 32.9 Å². The number of benzene rings is 2. The average molecular weight is 350 g/mol. The molecule has 1 heterocycles. The Balaban J connectivity index is 1.91. The number of fused-ring (bicyclic) bond motifs is 1. The number of H-pyrrole nitrogens is 1. The van der Waals surface area contributed by atoms with Crippen LogP contribution >= 0.6 is 0 Å². The van der Waals surface area contributed by atoms with Crippen molar-refractivity contribution in [3.8, 4) is 5.75 Å².